The lowest BCUT2D eigenvalue weighted by Gasteiger charge is -2.36. The second-order valence-electron chi connectivity index (χ2n) is 5.41. The lowest BCUT2D eigenvalue weighted by atomic mass is 10.0. The highest BCUT2D eigenvalue weighted by Crippen LogP contribution is 2.15. The van der Waals surface area contributed by atoms with Gasteiger partial charge in [0.1, 0.15) is 0 Å². The van der Waals surface area contributed by atoms with Gasteiger partial charge in [0.15, 0.2) is 0 Å². The molecule has 1 aromatic rings. The fourth-order valence-corrected chi connectivity index (χ4v) is 2.79. The molecular formula is C15H26N4. The summed E-state index contributed by atoms with van der Waals surface area (Å²) in [5.41, 5.74) is 6.82. The first-order chi connectivity index (χ1) is 9.29. The summed E-state index contributed by atoms with van der Waals surface area (Å²) in [5.74, 6) is 0. The van der Waals surface area contributed by atoms with Gasteiger partial charge in [0.05, 0.1) is 0 Å². The van der Waals surface area contributed by atoms with E-state index in [1.165, 1.54) is 31.6 Å². The molecule has 0 amide bonds. The maximum Gasteiger partial charge on any atom is 0.0416 e. The summed E-state index contributed by atoms with van der Waals surface area (Å²) < 4.78 is 0. The average molecular weight is 262 g/mol. The van der Waals surface area contributed by atoms with Crippen LogP contribution in [0.2, 0.25) is 0 Å². The Kier molecular flexibility index (Phi) is 5.76. The van der Waals surface area contributed by atoms with Gasteiger partial charge >= 0.3 is 0 Å². The van der Waals surface area contributed by atoms with E-state index >= 15 is 0 Å². The molecule has 1 aromatic heterocycles. The van der Waals surface area contributed by atoms with Crippen LogP contribution in [0.3, 0.4) is 0 Å². The van der Waals surface area contributed by atoms with E-state index in [0.717, 1.165) is 32.1 Å². The molecule has 0 aromatic carbocycles. The summed E-state index contributed by atoms with van der Waals surface area (Å²) in [4.78, 5) is 9.35. The number of aromatic nitrogens is 1. The highest BCUT2D eigenvalue weighted by atomic mass is 15.2. The third kappa shape index (κ3) is 4.56. The Morgan fingerprint density at radius 1 is 1.37 bits per heavy atom. The number of likely N-dealkylation sites (tertiary alicyclic amines) is 1. The molecule has 0 unspecified atom stereocenters. The highest BCUT2D eigenvalue weighted by molar-refractivity contribution is 5.03. The molecule has 4 heteroatoms. The molecule has 0 radical (unpaired) electrons. The SMILES string of the molecule is CN(CCN)C1CCN(CCc2ccccn2)CC1. The summed E-state index contributed by atoms with van der Waals surface area (Å²) in [5, 5.41) is 0. The van der Waals surface area contributed by atoms with Crippen LogP contribution in [0.5, 0.6) is 0 Å². The Bertz CT molecular complexity index is 346. The first-order valence-electron chi connectivity index (χ1n) is 7.32. The Morgan fingerprint density at radius 3 is 2.79 bits per heavy atom. The highest BCUT2D eigenvalue weighted by Gasteiger charge is 2.21. The minimum absolute atomic E-state index is 0.717. The number of hydrogen-bond acceptors (Lipinski definition) is 4. The molecule has 0 atom stereocenters. The molecule has 1 aliphatic rings. The lowest BCUT2D eigenvalue weighted by Crippen LogP contribution is -2.45. The van der Waals surface area contributed by atoms with Crippen molar-refractivity contribution in [2.45, 2.75) is 25.3 Å². The standard InChI is InChI=1S/C15H26N4/c1-18(13-8-16)15-6-11-19(12-7-15)10-5-14-4-2-3-9-17-14/h2-4,9,15H,5-8,10-13,16H2,1H3. The van der Waals surface area contributed by atoms with Gasteiger partial charge in [0, 0.05) is 44.0 Å². The molecule has 0 spiro atoms. The first kappa shape index (κ1) is 14.4. The van der Waals surface area contributed by atoms with Gasteiger partial charge in [-0.25, -0.2) is 0 Å². The van der Waals surface area contributed by atoms with E-state index in [1.807, 2.05) is 12.3 Å². The van der Waals surface area contributed by atoms with Crippen molar-refractivity contribution in [3.05, 3.63) is 30.1 Å². The first-order valence-corrected chi connectivity index (χ1v) is 7.32. The maximum atomic E-state index is 5.62. The monoisotopic (exact) mass is 262 g/mol. The molecule has 2 rings (SSSR count). The van der Waals surface area contributed by atoms with Gasteiger partial charge in [0.25, 0.3) is 0 Å². The van der Waals surface area contributed by atoms with Gasteiger partial charge in [-0.05, 0) is 45.1 Å². The number of nitrogens with two attached hydrogens (primary N) is 1. The van der Waals surface area contributed by atoms with Gasteiger partial charge in [-0.2, -0.15) is 0 Å². The van der Waals surface area contributed by atoms with Crippen molar-refractivity contribution in [2.24, 2.45) is 5.73 Å². The number of pyridine rings is 1. The molecule has 19 heavy (non-hydrogen) atoms. The number of rotatable bonds is 6. The Labute approximate surface area is 116 Å². The fourth-order valence-electron chi connectivity index (χ4n) is 2.79. The van der Waals surface area contributed by atoms with Crippen molar-refractivity contribution in [3.8, 4) is 0 Å². The van der Waals surface area contributed by atoms with Crippen molar-refractivity contribution in [1.82, 2.24) is 14.8 Å². The lowest BCUT2D eigenvalue weighted by molar-refractivity contribution is 0.131. The quantitative estimate of drug-likeness (QED) is 0.830. The normalized spacial score (nSPS) is 18.1. The van der Waals surface area contributed by atoms with E-state index in [-0.39, 0.29) is 0 Å². The van der Waals surface area contributed by atoms with Crippen LogP contribution in [0.4, 0.5) is 0 Å². The van der Waals surface area contributed by atoms with Crippen LogP contribution in [-0.4, -0.2) is 60.6 Å². The molecule has 4 nitrogen and oxygen atoms in total. The van der Waals surface area contributed by atoms with E-state index in [4.69, 9.17) is 5.73 Å². The van der Waals surface area contributed by atoms with Crippen molar-refractivity contribution in [3.63, 3.8) is 0 Å². The molecule has 1 aliphatic heterocycles. The van der Waals surface area contributed by atoms with E-state index in [9.17, 15) is 0 Å². The molecular weight excluding hydrogens is 236 g/mol. The van der Waals surface area contributed by atoms with Gasteiger partial charge in [-0.1, -0.05) is 6.07 Å². The largest absolute Gasteiger partial charge is 0.329 e. The van der Waals surface area contributed by atoms with Crippen LogP contribution in [0.1, 0.15) is 18.5 Å². The molecule has 2 N–H and O–H groups in total. The molecule has 0 saturated carbocycles. The summed E-state index contributed by atoms with van der Waals surface area (Å²) in [6, 6.07) is 6.87. The smallest absolute Gasteiger partial charge is 0.0416 e. The van der Waals surface area contributed by atoms with Crippen molar-refractivity contribution in [1.29, 1.82) is 0 Å². The van der Waals surface area contributed by atoms with Crippen molar-refractivity contribution < 1.29 is 0 Å². The zero-order valence-electron chi connectivity index (χ0n) is 12.0. The van der Waals surface area contributed by atoms with Gasteiger partial charge in [-0.3, -0.25) is 4.98 Å². The van der Waals surface area contributed by atoms with Crippen molar-refractivity contribution >= 4 is 0 Å². The third-order valence-electron chi connectivity index (χ3n) is 4.07. The number of piperidine rings is 1. The maximum absolute atomic E-state index is 5.62. The molecule has 0 bridgehead atoms. The zero-order chi connectivity index (χ0) is 13.5. The third-order valence-corrected chi connectivity index (χ3v) is 4.07. The van der Waals surface area contributed by atoms with Gasteiger partial charge in [-0.15, -0.1) is 0 Å². The molecule has 0 aliphatic carbocycles. The molecule has 106 valence electrons. The van der Waals surface area contributed by atoms with E-state index in [1.54, 1.807) is 0 Å². The van der Waals surface area contributed by atoms with Crippen LogP contribution >= 0.6 is 0 Å². The van der Waals surface area contributed by atoms with Crippen LogP contribution in [-0.2, 0) is 6.42 Å². The Hall–Kier alpha value is -0.970. The van der Waals surface area contributed by atoms with E-state index < -0.39 is 0 Å². The topological polar surface area (TPSA) is 45.4 Å². The average Bonchev–Trinajstić information content (AvgIpc) is 2.47. The van der Waals surface area contributed by atoms with Crippen LogP contribution < -0.4 is 5.73 Å². The Morgan fingerprint density at radius 2 is 2.16 bits per heavy atom. The number of likely N-dealkylation sites (N-methyl/N-ethyl adjacent to an activating group) is 1. The number of hydrogen-bond donors (Lipinski definition) is 1. The summed E-state index contributed by atoms with van der Waals surface area (Å²) >= 11 is 0. The fraction of sp³-hybridized carbons (Fsp3) is 0.667. The predicted octanol–water partition coefficient (Wildman–Crippen LogP) is 0.979. The minimum atomic E-state index is 0.717. The molecule has 1 saturated heterocycles. The predicted molar refractivity (Wildman–Crippen MR) is 79.1 cm³/mol. The summed E-state index contributed by atoms with van der Waals surface area (Å²) in [7, 11) is 2.20. The molecule has 1 fully saturated rings. The zero-order valence-corrected chi connectivity index (χ0v) is 12.0. The molecule has 2 heterocycles. The van der Waals surface area contributed by atoms with Crippen molar-refractivity contribution in [2.75, 3.05) is 39.8 Å². The minimum Gasteiger partial charge on any atom is -0.329 e. The van der Waals surface area contributed by atoms with E-state index in [0.29, 0.717) is 0 Å². The van der Waals surface area contributed by atoms with E-state index in [2.05, 4.69) is 34.0 Å². The van der Waals surface area contributed by atoms with Gasteiger partial charge < -0.3 is 15.5 Å². The second kappa shape index (κ2) is 7.58. The van der Waals surface area contributed by atoms with Crippen LogP contribution in [0.25, 0.3) is 0 Å². The Balaban J connectivity index is 1.69. The number of nitrogens with zero attached hydrogens (tertiary/aromatic N) is 3. The summed E-state index contributed by atoms with van der Waals surface area (Å²) in [6.45, 7) is 5.30. The van der Waals surface area contributed by atoms with Crippen LogP contribution in [0.15, 0.2) is 24.4 Å². The van der Waals surface area contributed by atoms with Gasteiger partial charge in [0.2, 0.25) is 0 Å². The second-order valence-corrected chi connectivity index (χ2v) is 5.41. The summed E-state index contributed by atoms with van der Waals surface area (Å²) in [6.07, 6.45) is 5.46. The van der Waals surface area contributed by atoms with Crippen LogP contribution in [0, 0.1) is 0 Å².